The van der Waals surface area contributed by atoms with E-state index in [0.717, 1.165) is 11.0 Å². The molecular weight excluding hydrogens is 471 g/mol. The average molecular weight is 494 g/mol. The average Bonchev–Trinajstić information content (AvgIpc) is 3.32. The van der Waals surface area contributed by atoms with Crippen LogP contribution in [-0.4, -0.2) is 58.9 Å². The van der Waals surface area contributed by atoms with Gasteiger partial charge in [0.2, 0.25) is 10.0 Å². The summed E-state index contributed by atoms with van der Waals surface area (Å²) in [5.74, 6) is -0.181. The van der Waals surface area contributed by atoms with Crippen molar-refractivity contribution in [2.75, 3.05) is 24.5 Å². The number of rotatable bonds is 5. The number of halogens is 3. The molecule has 2 aromatic carbocycles. The predicted molar refractivity (Wildman–Crippen MR) is 118 cm³/mol. The number of piperazine rings is 1. The van der Waals surface area contributed by atoms with Crippen molar-refractivity contribution in [2.24, 2.45) is 0 Å². The number of sulfonamides is 1. The van der Waals surface area contributed by atoms with Gasteiger partial charge in [-0.15, -0.1) is 0 Å². The third-order valence-corrected chi connectivity index (χ3v) is 7.77. The van der Waals surface area contributed by atoms with E-state index in [2.05, 4.69) is 10.1 Å². The van der Waals surface area contributed by atoms with Crippen molar-refractivity contribution in [1.82, 2.24) is 19.1 Å². The highest BCUT2D eigenvalue weighted by atomic mass is 32.2. The van der Waals surface area contributed by atoms with Crippen LogP contribution in [0.15, 0.2) is 60.0 Å². The molecule has 1 aliphatic rings. The van der Waals surface area contributed by atoms with E-state index in [1.165, 1.54) is 60.0 Å². The Kier molecular flexibility index (Phi) is 6.21. The van der Waals surface area contributed by atoms with Crippen molar-refractivity contribution in [3.63, 3.8) is 0 Å². The Morgan fingerprint density at radius 3 is 2.29 bits per heavy atom. The van der Waals surface area contributed by atoms with E-state index in [1.54, 1.807) is 11.8 Å². The fourth-order valence-electron chi connectivity index (χ4n) is 4.12. The van der Waals surface area contributed by atoms with Gasteiger partial charge in [0.25, 0.3) is 0 Å². The molecule has 0 bridgehead atoms. The Hall–Kier alpha value is -3.25. The summed E-state index contributed by atoms with van der Waals surface area (Å²) in [5.41, 5.74) is -0.668. The smallest absolute Gasteiger partial charge is 0.368 e. The van der Waals surface area contributed by atoms with Crippen LogP contribution in [0.5, 0.6) is 0 Å². The summed E-state index contributed by atoms with van der Waals surface area (Å²) in [6.07, 6.45) is -2.32. The molecule has 0 radical (unpaired) electrons. The summed E-state index contributed by atoms with van der Waals surface area (Å²) in [6, 6.07) is 9.23. The van der Waals surface area contributed by atoms with Crippen molar-refractivity contribution in [2.45, 2.75) is 31.0 Å². The second-order valence-electron chi connectivity index (χ2n) is 8.00. The zero-order valence-corrected chi connectivity index (χ0v) is 19.2. The Balaban J connectivity index is 1.63. The van der Waals surface area contributed by atoms with Gasteiger partial charge in [0.15, 0.2) is 5.78 Å². The molecular formula is C22H22F3N5O3S. The van der Waals surface area contributed by atoms with Crippen LogP contribution in [0.3, 0.4) is 0 Å². The monoisotopic (exact) mass is 493 g/mol. The lowest BCUT2D eigenvalue weighted by Gasteiger charge is -2.41. The van der Waals surface area contributed by atoms with Gasteiger partial charge in [-0.25, -0.2) is 18.1 Å². The first-order valence-corrected chi connectivity index (χ1v) is 11.9. The molecule has 34 heavy (non-hydrogen) atoms. The lowest BCUT2D eigenvalue weighted by molar-refractivity contribution is -0.137. The van der Waals surface area contributed by atoms with E-state index in [1.807, 2.05) is 0 Å². The van der Waals surface area contributed by atoms with Gasteiger partial charge >= 0.3 is 6.18 Å². The van der Waals surface area contributed by atoms with Crippen molar-refractivity contribution < 1.29 is 26.4 Å². The molecule has 1 fully saturated rings. The maximum atomic E-state index is 14.1. The first kappa shape index (κ1) is 23.9. The minimum Gasteiger partial charge on any atom is -0.368 e. The van der Waals surface area contributed by atoms with Gasteiger partial charge in [0, 0.05) is 31.2 Å². The number of alkyl halides is 3. The number of anilines is 1. The highest BCUT2D eigenvalue weighted by Crippen LogP contribution is 2.41. The molecule has 1 aromatic heterocycles. The van der Waals surface area contributed by atoms with Crippen LogP contribution in [0.1, 0.15) is 29.8 Å². The Morgan fingerprint density at radius 2 is 1.74 bits per heavy atom. The summed E-state index contributed by atoms with van der Waals surface area (Å²) < 4.78 is 71.0. The van der Waals surface area contributed by atoms with Gasteiger partial charge in [0.05, 0.1) is 16.3 Å². The number of benzene rings is 2. The van der Waals surface area contributed by atoms with Gasteiger partial charge < -0.3 is 4.90 Å². The quantitative estimate of drug-likeness (QED) is 0.507. The molecule has 0 saturated carbocycles. The molecule has 2 heterocycles. The van der Waals surface area contributed by atoms with Crippen LogP contribution in [0.25, 0.3) is 5.69 Å². The second-order valence-corrected chi connectivity index (χ2v) is 9.89. The fourth-order valence-corrected chi connectivity index (χ4v) is 5.73. The largest absolute Gasteiger partial charge is 0.420 e. The van der Waals surface area contributed by atoms with Gasteiger partial charge in [-0.2, -0.15) is 22.6 Å². The minimum atomic E-state index is -4.66. The zero-order valence-electron chi connectivity index (χ0n) is 18.4. The number of nitrogens with zero attached hydrogens (tertiary/aromatic N) is 5. The third kappa shape index (κ3) is 4.42. The van der Waals surface area contributed by atoms with Crippen LogP contribution < -0.4 is 4.90 Å². The molecule has 1 unspecified atom stereocenters. The van der Waals surface area contributed by atoms with E-state index in [9.17, 15) is 26.4 Å². The van der Waals surface area contributed by atoms with Crippen molar-refractivity contribution in [1.29, 1.82) is 0 Å². The molecule has 180 valence electrons. The Bertz CT molecular complexity index is 1290. The maximum absolute atomic E-state index is 14.1. The minimum absolute atomic E-state index is 0.00279. The third-order valence-electron chi connectivity index (χ3n) is 5.74. The molecule has 0 amide bonds. The summed E-state index contributed by atoms with van der Waals surface area (Å²) in [7, 11) is -3.89. The number of carbonyl (C=O) groups excluding carboxylic acids is 1. The van der Waals surface area contributed by atoms with E-state index >= 15 is 0 Å². The van der Waals surface area contributed by atoms with Crippen LogP contribution in [0.2, 0.25) is 0 Å². The summed E-state index contributed by atoms with van der Waals surface area (Å²) >= 11 is 0. The summed E-state index contributed by atoms with van der Waals surface area (Å²) in [6.45, 7) is 3.18. The van der Waals surface area contributed by atoms with Gasteiger partial charge in [0.1, 0.15) is 18.2 Å². The first-order valence-electron chi connectivity index (χ1n) is 10.4. The molecule has 3 aromatic rings. The number of carbonyl (C=O) groups is 1. The first-order chi connectivity index (χ1) is 16.0. The van der Waals surface area contributed by atoms with E-state index < -0.39 is 27.8 Å². The van der Waals surface area contributed by atoms with Crippen molar-refractivity contribution >= 4 is 21.5 Å². The van der Waals surface area contributed by atoms with E-state index in [4.69, 9.17) is 0 Å². The highest BCUT2D eigenvalue weighted by Gasteiger charge is 2.41. The predicted octanol–water partition coefficient (Wildman–Crippen LogP) is 3.39. The van der Waals surface area contributed by atoms with E-state index in [0.29, 0.717) is 5.56 Å². The number of hydrogen-bond donors (Lipinski definition) is 0. The topological polar surface area (TPSA) is 88.4 Å². The maximum Gasteiger partial charge on any atom is 0.420 e. The lowest BCUT2D eigenvalue weighted by Crippen LogP contribution is -2.54. The standard InChI is InChI=1S/C22H22F3N5O3S/c1-15-12-28(10-11-30(15)34(32,33)18-8-6-17(7-9-18)16(2)31)19-4-3-5-20(21(19)22(23,24)25)29-14-26-13-27-29/h3-9,13-15H,10-12H2,1-2H3. The number of ketones is 1. The summed E-state index contributed by atoms with van der Waals surface area (Å²) in [5, 5.41) is 3.84. The normalized spacial score (nSPS) is 17.7. The van der Waals surface area contributed by atoms with Crippen LogP contribution in [0.4, 0.5) is 18.9 Å². The summed E-state index contributed by atoms with van der Waals surface area (Å²) in [4.78, 5) is 16.8. The van der Waals surface area contributed by atoms with Gasteiger partial charge in [-0.05, 0) is 38.1 Å². The molecule has 1 atom stereocenters. The van der Waals surface area contributed by atoms with Crippen molar-refractivity contribution in [3.05, 3.63) is 66.2 Å². The van der Waals surface area contributed by atoms with Gasteiger partial charge in [-0.3, -0.25) is 4.79 Å². The SMILES string of the molecule is CC(=O)c1ccc(S(=O)(=O)N2CCN(c3cccc(-n4cncn4)c3C(F)(F)F)CC2C)cc1. The van der Waals surface area contributed by atoms with Crippen LogP contribution in [-0.2, 0) is 16.2 Å². The van der Waals surface area contributed by atoms with Gasteiger partial charge in [-0.1, -0.05) is 18.2 Å². The highest BCUT2D eigenvalue weighted by molar-refractivity contribution is 7.89. The molecule has 0 spiro atoms. The second kappa shape index (κ2) is 8.84. The molecule has 1 aliphatic heterocycles. The Morgan fingerprint density at radius 1 is 1.06 bits per heavy atom. The lowest BCUT2D eigenvalue weighted by atomic mass is 10.1. The molecule has 1 saturated heterocycles. The zero-order chi connectivity index (χ0) is 24.7. The number of Topliss-reactive ketones (excluding diaryl/α,β-unsaturated/α-hetero) is 1. The number of aromatic nitrogens is 3. The molecule has 4 rings (SSSR count). The van der Waals surface area contributed by atoms with E-state index in [-0.39, 0.29) is 41.7 Å². The molecule has 0 N–H and O–H groups in total. The molecule has 8 nitrogen and oxygen atoms in total. The van der Waals surface area contributed by atoms with Crippen LogP contribution in [0, 0.1) is 0 Å². The Labute approximate surface area is 194 Å². The fraction of sp³-hybridized carbons (Fsp3) is 0.318. The number of hydrogen-bond acceptors (Lipinski definition) is 6. The molecule has 0 aliphatic carbocycles. The van der Waals surface area contributed by atoms with Crippen LogP contribution >= 0.6 is 0 Å². The van der Waals surface area contributed by atoms with Crippen molar-refractivity contribution in [3.8, 4) is 5.69 Å². The molecule has 12 heteroatoms.